The van der Waals surface area contributed by atoms with Gasteiger partial charge in [0.15, 0.2) is 0 Å². The number of carbonyl (C=O) groups excluding carboxylic acids is 2. The average Bonchev–Trinajstić information content (AvgIpc) is 2.48. The van der Waals surface area contributed by atoms with Crippen LogP contribution in [0, 0.1) is 10.1 Å². The second-order valence-electron chi connectivity index (χ2n) is 4.20. The van der Waals surface area contributed by atoms with Crippen molar-refractivity contribution in [3.63, 3.8) is 0 Å². The van der Waals surface area contributed by atoms with E-state index in [9.17, 15) is 19.7 Å². The van der Waals surface area contributed by atoms with Gasteiger partial charge < -0.3 is 11.1 Å². The number of anilines is 1. The van der Waals surface area contributed by atoms with E-state index in [1.165, 1.54) is 48.5 Å². The fraction of sp³-hybridized carbons (Fsp3) is 0. The minimum Gasteiger partial charge on any atom is -0.366 e. The van der Waals surface area contributed by atoms with E-state index in [1.807, 2.05) is 0 Å². The van der Waals surface area contributed by atoms with Crippen molar-refractivity contribution < 1.29 is 14.5 Å². The maximum Gasteiger partial charge on any atom is 0.270 e. The molecule has 106 valence electrons. The fourth-order valence-electron chi connectivity index (χ4n) is 1.68. The van der Waals surface area contributed by atoms with Crippen LogP contribution in [0.5, 0.6) is 0 Å². The molecule has 0 spiro atoms. The number of nitrogens with one attached hydrogen (secondary N) is 1. The summed E-state index contributed by atoms with van der Waals surface area (Å²) in [7, 11) is 0. The molecule has 0 aliphatic heterocycles. The summed E-state index contributed by atoms with van der Waals surface area (Å²) in [6.07, 6.45) is 0. The molecule has 0 aliphatic carbocycles. The van der Waals surface area contributed by atoms with Gasteiger partial charge in [-0.1, -0.05) is 6.07 Å². The Morgan fingerprint density at radius 2 is 1.71 bits per heavy atom. The number of benzene rings is 2. The molecule has 0 radical (unpaired) electrons. The van der Waals surface area contributed by atoms with Crippen LogP contribution < -0.4 is 11.1 Å². The summed E-state index contributed by atoms with van der Waals surface area (Å²) in [5, 5.41) is 13.2. The van der Waals surface area contributed by atoms with E-state index in [2.05, 4.69) is 5.32 Å². The zero-order valence-corrected chi connectivity index (χ0v) is 10.8. The van der Waals surface area contributed by atoms with Crippen LogP contribution in [-0.2, 0) is 0 Å². The number of hydrogen-bond acceptors (Lipinski definition) is 4. The van der Waals surface area contributed by atoms with Gasteiger partial charge in [-0.3, -0.25) is 19.7 Å². The topological polar surface area (TPSA) is 115 Å². The van der Waals surface area contributed by atoms with E-state index in [0.717, 1.165) is 0 Å². The van der Waals surface area contributed by atoms with Gasteiger partial charge in [0.05, 0.1) is 4.92 Å². The van der Waals surface area contributed by atoms with Crippen molar-refractivity contribution in [2.24, 2.45) is 5.73 Å². The summed E-state index contributed by atoms with van der Waals surface area (Å²) < 4.78 is 0. The lowest BCUT2D eigenvalue weighted by molar-refractivity contribution is -0.384. The molecule has 2 aromatic carbocycles. The van der Waals surface area contributed by atoms with Gasteiger partial charge in [0.2, 0.25) is 5.91 Å². The molecular formula is C14H11N3O4. The number of carbonyl (C=O) groups is 2. The average molecular weight is 285 g/mol. The van der Waals surface area contributed by atoms with Crippen molar-refractivity contribution in [3.05, 3.63) is 69.8 Å². The van der Waals surface area contributed by atoms with Crippen LogP contribution >= 0.6 is 0 Å². The largest absolute Gasteiger partial charge is 0.366 e. The first-order chi connectivity index (χ1) is 9.97. The number of nitrogens with zero attached hydrogens (tertiary/aromatic N) is 1. The van der Waals surface area contributed by atoms with Crippen molar-refractivity contribution in [1.82, 2.24) is 0 Å². The van der Waals surface area contributed by atoms with Crippen LogP contribution in [0.4, 0.5) is 11.4 Å². The smallest absolute Gasteiger partial charge is 0.270 e. The third-order valence-electron chi connectivity index (χ3n) is 2.75. The predicted octanol–water partition coefficient (Wildman–Crippen LogP) is 1.95. The number of nitro benzene ring substituents is 1. The highest BCUT2D eigenvalue weighted by molar-refractivity contribution is 6.04. The molecule has 3 N–H and O–H groups in total. The third-order valence-corrected chi connectivity index (χ3v) is 2.75. The third kappa shape index (κ3) is 3.41. The second kappa shape index (κ2) is 5.83. The maximum absolute atomic E-state index is 12.0. The highest BCUT2D eigenvalue weighted by Gasteiger charge is 2.11. The molecule has 0 fully saturated rings. The Hall–Kier alpha value is -3.22. The number of hydrogen-bond donors (Lipinski definition) is 2. The van der Waals surface area contributed by atoms with E-state index in [-0.39, 0.29) is 11.3 Å². The zero-order valence-electron chi connectivity index (χ0n) is 10.8. The Kier molecular flexibility index (Phi) is 3.94. The van der Waals surface area contributed by atoms with E-state index in [4.69, 9.17) is 5.73 Å². The first kappa shape index (κ1) is 14.2. The highest BCUT2D eigenvalue weighted by Crippen LogP contribution is 2.15. The summed E-state index contributed by atoms with van der Waals surface area (Å²) in [4.78, 5) is 33.0. The van der Waals surface area contributed by atoms with Crippen molar-refractivity contribution >= 4 is 23.2 Å². The van der Waals surface area contributed by atoms with Gasteiger partial charge >= 0.3 is 0 Å². The van der Waals surface area contributed by atoms with E-state index in [0.29, 0.717) is 11.3 Å². The number of amides is 2. The predicted molar refractivity (Wildman–Crippen MR) is 76.0 cm³/mol. The molecule has 0 aromatic heterocycles. The molecule has 2 amide bonds. The normalized spacial score (nSPS) is 9.90. The van der Waals surface area contributed by atoms with Gasteiger partial charge in [-0.15, -0.1) is 0 Å². The summed E-state index contributed by atoms with van der Waals surface area (Å²) in [5.74, 6) is -1.04. The molecule has 0 bridgehead atoms. The molecule has 7 nitrogen and oxygen atoms in total. The zero-order chi connectivity index (χ0) is 15.4. The summed E-state index contributed by atoms with van der Waals surface area (Å²) in [5.41, 5.74) is 5.90. The molecule has 0 saturated carbocycles. The van der Waals surface area contributed by atoms with Crippen molar-refractivity contribution in [3.8, 4) is 0 Å². The fourth-order valence-corrected chi connectivity index (χ4v) is 1.68. The van der Waals surface area contributed by atoms with Gasteiger partial charge in [-0.2, -0.15) is 0 Å². The molecule has 0 atom stereocenters. The standard InChI is InChI=1S/C14H11N3O4/c15-13(18)9-4-6-11(7-5-9)16-14(19)10-2-1-3-12(8-10)17(20)21/h1-8H,(H2,15,18)(H,16,19). The minimum atomic E-state index is -0.571. The molecule has 2 rings (SSSR count). The number of primary amides is 1. The first-order valence-electron chi connectivity index (χ1n) is 5.93. The van der Waals surface area contributed by atoms with Crippen LogP contribution in [0.3, 0.4) is 0 Å². The second-order valence-corrected chi connectivity index (χ2v) is 4.20. The molecule has 0 aliphatic rings. The van der Waals surface area contributed by atoms with E-state index < -0.39 is 16.7 Å². The van der Waals surface area contributed by atoms with Crippen LogP contribution in [0.15, 0.2) is 48.5 Å². The lowest BCUT2D eigenvalue weighted by Crippen LogP contribution is -2.13. The Balaban J connectivity index is 2.16. The molecule has 7 heteroatoms. The van der Waals surface area contributed by atoms with Crippen molar-refractivity contribution in [2.75, 3.05) is 5.32 Å². The molecular weight excluding hydrogens is 274 g/mol. The first-order valence-corrected chi connectivity index (χ1v) is 5.93. The van der Waals surface area contributed by atoms with Crippen LogP contribution in [0.25, 0.3) is 0 Å². The van der Waals surface area contributed by atoms with Gasteiger partial charge in [-0.25, -0.2) is 0 Å². The number of nitrogens with two attached hydrogens (primary N) is 1. The molecule has 2 aromatic rings. The van der Waals surface area contributed by atoms with Gasteiger partial charge in [-0.05, 0) is 30.3 Å². The highest BCUT2D eigenvalue weighted by atomic mass is 16.6. The van der Waals surface area contributed by atoms with E-state index in [1.54, 1.807) is 0 Å². The number of nitro groups is 1. The Morgan fingerprint density at radius 1 is 1.05 bits per heavy atom. The lowest BCUT2D eigenvalue weighted by atomic mass is 10.1. The Labute approximate surface area is 119 Å². The van der Waals surface area contributed by atoms with Crippen LogP contribution in [0.2, 0.25) is 0 Å². The number of rotatable bonds is 4. The SMILES string of the molecule is NC(=O)c1ccc(NC(=O)c2cccc([N+](=O)[O-])c2)cc1. The molecule has 0 heterocycles. The summed E-state index contributed by atoms with van der Waals surface area (Å²) >= 11 is 0. The molecule has 21 heavy (non-hydrogen) atoms. The Morgan fingerprint density at radius 3 is 2.29 bits per heavy atom. The quantitative estimate of drug-likeness (QED) is 0.659. The molecule has 0 saturated heterocycles. The van der Waals surface area contributed by atoms with Gasteiger partial charge in [0.1, 0.15) is 0 Å². The molecule has 0 unspecified atom stereocenters. The Bertz CT molecular complexity index is 710. The van der Waals surface area contributed by atoms with Crippen molar-refractivity contribution in [2.45, 2.75) is 0 Å². The monoisotopic (exact) mass is 285 g/mol. The van der Waals surface area contributed by atoms with Crippen LogP contribution in [-0.4, -0.2) is 16.7 Å². The summed E-state index contributed by atoms with van der Waals surface area (Å²) in [6.45, 7) is 0. The van der Waals surface area contributed by atoms with Gasteiger partial charge in [0.25, 0.3) is 11.6 Å². The lowest BCUT2D eigenvalue weighted by Gasteiger charge is -2.05. The van der Waals surface area contributed by atoms with Crippen molar-refractivity contribution in [1.29, 1.82) is 0 Å². The van der Waals surface area contributed by atoms with Crippen LogP contribution in [0.1, 0.15) is 20.7 Å². The maximum atomic E-state index is 12.0. The number of non-ortho nitro benzene ring substituents is 1. The van der Waals surface area contributed by atoms with E-state index >= 15 is 0 Å². The van der Waals surface area contributed by atoms with Gasteiger partial charge in [0, 0.05) is 28.9 Å². The summed E-state index contributed by atoms with van der Waals surface area (Å²) in [6, 6.07) is 11.4. The minimum absolute atomic E-state index is 0.160.